The molecule has 7 heteroatoms. The molecule has 1 aromatic carbocycles. The lowest BCUT2D eigenvalue weighted by atomic mass is 9.89. The van der Waals surface area contributed by atoms with Crippen molar-refractivity contribution in [3.8, 4) is 0 Å². The number of halogens is 2. The van der Waals surface area contributed by atoms with E-state index in [2.05, 4.69) is 5.32 Å². The molecule has 1 N–H and O–H groups in total. The molecular weight excluding hydrogens is 282 g/mol. The van der Waals surface area contributed by atoms with Gasteiger partial charge in [-0.2, -0.15) is 0 Å². The van der Waals surface area contributed by atoms with E-state index in [1.807, 2.05) is 0 Å². The van der Waals surface area contributed by atoms with E-state index in [0.29, 0.717) is 24.6 Å². The zero-order valence-electron chi connectivity index (χ0n) is 11.4. The minimum absolute atomic E-state index is 0.340. The molecule has 0 aromatic heterocycles. The van der Waals surface area contributed by atoms with Crippen LogP contribution in [0.1, 0.15) is 42.5 Å². The lowest BCUT2D eigenvalue weighted by Crippen LogP contribution is -2.30. The predicted octanol–water partition coefficient (Wildman–Crippen LogP) is 3.18. The molecule has 1 amide bonds. The van der Waals surface area contributed by atoms with Gasteiger partial charge in [0.15, 0.2) is 11.6 Å². The van der Waals surface area contributed by atoms with Crippen molar-refractivity contribution in [1.29, 1.82) is 0 Å². The Hall–Kier alpha value is -2.05. The van der Waals surface area contributed by atoms with Gasteiger partial charge < -0.3 is 5.32 Å². The fourth-order valence-electron chi connectivity index (χ4n) is 2.59. The minimum atomic E-state index is -1.34. The van der Waals surface area contributed by atoms with E-state index in [0.717, 1.165) is 25.7 Å². The van der Waals surface area contributed by atoms with Gasteiger partial charge in [0, 0.05) is 6.54 Å². The van der Waals surface area contributed by atoms with Crippen LogP contribution in [-0.4, -0.2) is 17.4 Å². The van der Waals surface area contributed by atoms with E-state index < -0.39 is 33.7 Å². The number of nitrogens with zero attached hydrogens (tertiary/aromatic N) is 1. The topological polar surface area (TPSA) is 72.2 Å². The van der Waals surface area contributed by atoms with E-state index in [1.165, 1.54) is 6.42 Å². The molecular formula is C14H16F2N2O3. The average molecular weight is 298 g/mol. The Morgan fingerprint density at radius 3 is 2.48 bits per heavy atom. The zero-order valence-corrected chi connectivity index (χ0v) is 11.4. The number of carbonyl (C=O) groups is 1. The lowest BCUT2D eigenvalue weighted by Gasteiger charge is -2.21. The third-order valence-electron chi connectivity index (χ3n) is 3.76. The highest BCUT2D eigenvalue weighted by molar-refractivity contribution is 5.98. The highest BCUT2D eigenvalue weighted by Gasteiger charge is 2.24. The van der Waals surface area contributed by atoms with Crippen LogP contribution >= 0.6 is 0 Å². The number of carbonyl (C=O) groups excluding carboxylic acids is 1. The van der Waals surface area contributed by atoms with E-state index in [1.54, 1.807) is 0 Å². The lowest BCUT2D eigenvalue weighted by molar-refractivity contribution is -0.385. The van der Waals surface area contributed by atoms with Crippen LogP contribution in [0, 0.1) is 27.7 Å². The van der Waals surface area contributed by atoms with Crippen molar-refractivity contribution in [2.75, 3.05) is 6.54 Å². The van der Waals surface area contributed by atoms with Crippen LogP contribution in [0.25, 0.3) is 0 Å². The van der Waals surface area contributed by atoms with Crippen LogP contribution in [0.5, 0.6) is 0 Å². The molecule has 0 unspecified atom stereocenters. The molecule has 0 spiro atoms. The van der Waals surface area contributed by atoms with Crippen molar-refractivity contribution in [3.63, 3.8) is 0 Å². The van der Waals surface area contributed by atoms with Gasteiger partial charge in [-0.05, 0) is 24.8 Å². The molecule has 0 bridgehead atoms. The normalized spacial score (nSPS) is 15.7. The van der Waals surface area contributed by atoms with Crippen LogP contribution in [0.4, 0.5) is 14.5 Å². The second-order valence-corrected chi connectivity index (χ2v) is 5.25. The van der Waals surface area contributed by atoms with Crippen LogP contribution in [0.2, 0.25) is 0 Å². The second kappa shape index (κ2) is 6.60. The molecule has 1 saturated carbocycles. The molecule has 1 aliphatic carbocycles. The number of nitro benzene ring substituents is 1. The molecule has 0 radical (unpaired) electrons. The van der Waals surface area contributed by atoms with E-state index >= 15 is 0 Å². The summed E-state index contributed by atoms with van der Waals surface area (Å²) in [6, 6.07) is 1.01. The fraction of sp³-hybridized carbons (Fsp3) is 0.500. The van der Waals surface area contributed by atoms with Gasteiger partial charge in [-0.1, -0.05) is 19.3 Å². The first-order valence-corrected chi connectivity index (χ1v) is 6.90. The summed E-state index contributed by atoms with van der Waals surface area (Å²) < 4.78 is 26.2. The summed E-state index contributed by atoms with van der Waals surface area (Å²) in [6.45, 7) is 0.398. The molecule has 1 fully saturated rings. The van der Waals surface area contributed by atoms with Gasteiger partial charge in [0.1, 0.15) is 5.56 Å². The fourth-order valence-corrected chi connectivity index (χ4v) is 2.59. The van der Waals surface area contributed by atoms with Crippen molar-refractivity contribution in [2.45, 2.75) is 32.1 Å². The summed E-state index contributed by atoms with van der Waals surface area (Å²) in [6.07, 6.45) is 5.39. The number of benzene rings is 1. The molecule has 21 heavy (non-hydrogen) atoms. The Kier molecular flexibility index (Phi) is 4.82. The van der Waals surface area contributed by atoms with Crippen LogP contribution in [-0.2, 0) is 0 Å². The summed E-state index contributed by atoms with van der Waals surface area (Å²) in [5, 5.41) is 13.4. The van der Waals surface area contributed by atoms with Crippen molar-refractivity contribution < 1.29 is 18.5 Å². The second-order valence-electron chi connectivity index (χ2n) is 5.25. The van der Waals surface area contributed by atoms with Gasteiger partial charge in [0.2, 0.25) is 0 Å². The third-order valence-corrected chi connectivity index (χ3v) is 3.76. The molecule has 0 heterocycles. The Morgan fingerprint density at radius 1 is 1.24 bits per heavy atom. The highest BCUT2D eigenvalue weighted by Crippen LogP contribution is 2.24. The maximum atomic E-state index is 13.2. The first kappa shape index (κ1) is 15.3. The smallest absolute Gasteiger partial charge is 0.285 e. The maximum absolute atomic E-state index is 13.2. The highest BCUT2D eigenvalue weighted by atomic mass is 19.2. The maximum Gasteiger partial charge on any atom is 0.285 e. The van der Waals surface area contributed by atoms with Gasteiger partial charge in [-0.3, -0.25) is 14.9 Å². The first-order valence-electron chi connectivity index (χ1n) is 6.90. The Labute approximate surface area is 120 Å². The molecule has 2 rings (SSSR count). The van der Waals surface area contributed by atoms with Crippen molar-refractivity contribution in [2.24, 2.45) is 5.92 Å². The first-order chi connectivity index (χ1) is 9.99. The van der Waals surface area contributed by atoms with Gasteiger partial charge in [0.25, 0.3) is 11.6 Å². The molecule has 5 nitrogen and oxygen atoms in total. The Balaban J connectivity index is 2.10. The molecule has 0 atom stereocenters. The van der Waals surface area contributed by atoms with E-state index in [9.17, 15) is 23.7 Å². The summed E-state index contributed by atoms with van der Waals surface area (Å²) >= 11 is 0. The number of rotatable bonds is 4. The van der Waals surface area contributed by atoms with Gasteiger partial charge >= 0.3 is 0 Å². The number of amides is 1. The Bertz CT molecular complexity index is 557. The van der Waals surface area contributed by atoms with Crippen molar-refractivity contribution in [3.05, 3.63) is 39.4 Å². The summed E-state index contributed by atoms with van der Waals surface area (Å²) in [5.41, 5.74) is -1.18. The van der Waals surface area contributed by atoms with Crippen molar-refractivity contribution >= 4 is 11.6 Å². The molecule has 1 aliphatic rings. The predicted molar refractivity (Wildman–Crippen MR) is 71.9 cm³/mol. The summed E-state index contributed by atoms with van der Waals surface area (Å²) in [4.78, 5) is 21.9. The van der Waals surface area contributed by atoms with Crippen LogP contribution in [0.3, 0.4) is 0 Å². The number of nitro groups is 1. The van der Waals surface area contributed by atoms with Crippen molar-refractivity contribution in [1.82, 2.24) is 5.32 Å². The monoisotopic (exact) mass is 298 g/mol. The van der Waals surface area contributed by atoms with Gasteiger partial charge in [0.05, 0.1) is 11.0 Å². The average Bonchev–Trinajstić information content (AvgIpc) is 2.48. The SMILES string of the molecule is O=C(NCC1CCCCC1)c1cc(F)c(F)cc1[N+](=O)[O-]. The minimum Gasteiger partial charge on any atom is -0.352 e. The summed E-state index contributed by atoms with van der Waals surface area (Å²) in [7, 11) is 0. The zero-order chi connectivity index (χ0) is 15.4. The number of hydrogen-bond donors (Lipinski definition) is 1. The van der Waals surface area contributed by atoms with E-state index in [-0.39, 0.29) is 0 Å². The third kappa shape index (κ3) is 3.74. The molecule has 0 aliphatic heterocycles. The molecule has 1 aromatic rings. The van der Waals surface area contributed by atoms with E-state index in [4.69, 9.17) is 0 Å². The standard InChI is InChI=1S/C14H16F2N2O3/c15-11-6-10(13(18(20)21)7-12(11)16)14(19)17-8-9-4-2-1-3-5-9/h6-7,9H,1-5,8H2,(H,17,19). The summed E-state index contributed by atoms with van der Waals surface area (Å²) in [5.74, 6) is -3.02. The van der Waals surface area contributed by atoms with Gasteiger partial charge in [-0.25, -0.2) is 8.78 Å². The van der Waals surface area contributed by atoms with Gasteiger partial charge in [-0.15, -0.1) is 0 Å². The number of hydrogen-bond acceptors (Lipinski definition) is 3. The Morgan fingerprint density at radius 2 is 1.86 bits per heavy atom. The largest absolute Gasteiger partial charge is 0.352 e. The molecule has 114 valence electrons. The number of nitrogens with one attached hydrogen (secondary N) is 1. The quantitative estimate of drug-likeness (QED) is 0.685. The molecule has 0 saturated heterocycles. The van der Waals surface area contributed by atoms with Crippen LogP contribution < -0.4 is 5.32 Å². The van der Waals surface area contributed by atoms with Crippen LogP contribution in [0.15, 0.2) is 12.1 Å².